The first-order valence-corrected chi connectivity index (χ1v) is 12.4. The average Bonchev–Trinajstić information content (AvgIpc) is 3.29. The van der Waals surface area contributed by atoms with Crippen LogP contribution in [0.5, 0.6) is 5.75 Å². The molecule has 37 heavy (non-hydrogen) atoms. The topological polar surface area (TPSA) is 69.0 Å². The Morgan fingerprint density at radius 3 is 2.35 bits per heavy atom. The van der Waals surface area contributed by atoms with Gasteiger partial charge in [-0.25, -0.2) is 9.67 Å². The minimum Gasteiger partial charge on any atom is -0.497 e. The van der Waals surface area contributed by atoms with Crippen LogP contribution in [0.3, 0.4) is 0 Å². The summed E-state index contributed by atoms with van der Waals surface area (Å²) in [7, 11) is 1.65. The van der Waals surface area contributed by atoms with E-state index in [0.29, 0.717) is 17.2 Å². The molecule has 3 aromatic carbocycles. The molecule has 1 amide bonds. The van der Waals surface area contributed by atoms with Gasteiger partial charge in [-0.2, -0.15) is 5.10 Å². The predicted octanol–water partition coefficient (Wildman–Crippen LogP) is 7.09. The van der Waals surface area contributed by atoms with Crippen molar-refractivity contribution >= 4 is 22.5 Å². The van der Waals surface area contributed by atoms with Crippen LogP contribution in [0, 0.1) is 13.8 Å². The van der Waals surface area contributed by atoms with E-state index < -0.39 is 0 Å². The summed E-state index contributed by atoms with van der Waals surface area (Å²) in [5, 5.41) is 8.50. The highest BCUT2D eigenvalue weighted by atomic mass is 16.5. The van der Waals surface area contributed by atoms with Crippen molar-refractivity contribution in [3.05, 3.63) is 101 Å². The van der Waals surface area contributed by atoms with E-state index in [2.05, 4.69) is 36.4 Å². The molecule has 0 aliphatic carbocycles. The van der Waals surface area contributed by atoms with Crippen LogP contribution in [0.1, 0.15) is 46.9 Å². The van der Waals surface area contributed by atoms with Crippen molar-refractivity contribution in [1.29, 1.82) is 0 Å². The normalized spacial score (nSPS) is 11.2. The molecule has 0 radical (unpaired) electrons. The average molecular weight is 491 g/mol. The fourth-order valence-electron chi connectivity index (χ4n) is 4.46. The smallest absolute Gasteiger partial charge is 0.256 e. The number of hydrogen-bond donors (Lipinski definition) is 1. The van der Waals surface area contributed by atoms with E-state index in [-0.39, 0.29) is 5.91 Å². The molecule has 0 spiro atoms. The van der Waals surface area contributed by atoms with Crippen LogP contribution >= 0.6 is 0 Å². The van der Waals surface area contributed by atoms with Gasteiger partial charge in [0.1, 0.15) is 5.75 Å². The molecule has 186 valence electrons. The van der Waals surface area contributed by atoms with Gasteiger partial charge in [-0.1, -0.05) is 37.6 Å². The van der Waals surface area contributed by atoms with Crippen molar-refractivity contribution in [3.63, 3.8) is 0 Å². The maximum atomic E-state index is 13.5. The molecule has 0 saturated heterocycles. The Hall–Kier alpha value is -4.45. The number of pyridine rings is 1. The summed E-state index contributed by atoms with van der Waals surface area (Å²) < 4.78 is 7.14. The van der Waals surface area contributed by atoms with Crippen molar-refractivity contribution in [2.75, 3.05) is 12.4 Å². The van der Waals surface area contributed by atoms with Crippen molar-refractivity contribution < 1.29 is 9.53 Å². The molecule has 6 nitrogen and oxygen atoms in total. The van der Waals surface area contributed by atoms with Gasteiger partial charge in [0, 0.05) is 16.6 Å². The number of aryl methyl sites for hydroxylation is 1. The van der Waals surface area contributed by atoms with Crippen molar-refractivity contribution in [3.8, 4) is 22.7 Å². The zero-order valence-electron chi connectivity index (χ0n) is 21.7. The van der Waals surface area contributed by atoms with Crippen molar-refractivity contribution in [2.45, 2.75) is 33.6 Å². The lowest BCUT2D eigenvalue weighted by Gasteiger charge is -2.12. The maximum Gasteiger partial charge on any atom is 0.256 e. The third-order valence-corrected chi connectivity index (χ3v) is 6.65. The molecule has 6 heteroatoms. The van der Waals surface area contributed by atoms with Gasteiger partial charge in [-0.3, -0.25) is 4.79 Å². The highest BCUT2D eigenvalue weighted by molar-refractivity contribution is 6.13. The lowest BCUT2D eigenvalue weighted by Crippen LogP contribution is -2.13. The molecule has 0 bridgehead atoms. The number of carbonyl (C=O) groups is 1. The fraction of sp³-hybridized carbons (Fsp3) is 0.194. The summed E-state index contributed by atoms with van der Waals surface area (Å²) >= 11 is 0. The molecule has 0 saturated carbocycles. The number of amides is 1. The molecule has 0 unspecified atom stereocenters. The summed E-state index contributed by atoms with van der Waals surface area (Å²) in [4.78, 5) is 18.5. The number of methoxy groups -OCH3 is 1. The molecule has 0 fully saturated rings. The van der Waals surface area contributed by atoms with Crippen molar-refractivity contribution in [2.24, 2.45) is 0 Å². The second-order valence-corrected chi connectivity index (χ2v) is 9.56. The third-order valence-electron chi connectivity index (χ3n) is 6.65. The minimum absolute atomic E-state index is 0.170. The summed E-state index contributed by atoms with van der Waals surface area (Å²) in [5.74, 6) is 1.05. The standard InChI is InChI=1S/C31H30N4O2/c1-19(2)22-7-9-23(10-8-22)33-31(36)27-17-30(34-29-15-6-20(3)16-26(27)29)28-18-32-35(21(28)4)24-11-13-25(37-5)14-12-24/h6-19H,1-5H3,(H,33,36). The van der Waals surface area contributed by atoms with E-state index >= 15 is 0 Å². The van der Waals surface area contributed by atoms with Crippen LogP contribution in [0.15, 0.2) is 79.0 Å². The first-order valence-electron chi connectivity index (χ1n) is 12.4. The number of carbonyl (C=O) groups excluding carboxylic acids is 1. The van der Waals surface area contributed by atoms with Gasteiger partial charge in [0.25, 0.3) is 5.91 Å². The van der Waals surface area contributed by atoms with Crippen LogP contribution in [-0.2, 0) is 0 Å². The molecule has 0 aliphatic rings. The predicted molar refractivity (Wildman–Crippen MR) is 149 cm³/mol. The Labute approximate surface area is 216 Å². The van der Waals surface area contributed by atoms with Crippen LogP contribution in [0.25, 0.3) is 27.8 Å². The van der Waals surface area contributed by atoms with E-state index in [1.54, 1.807) is 13.3 Å². The summed E-state index contributed by atoms with van der Waals surface area (Å²) in [6.45, 7) is 8.32. The third kappa shape index (κ3) is 4.83. The Balaban J connectivity index is 1.55. The van der Waals surface area contributed by atoms with Crippen LogP contribution in [0.2, 0.25) is 0 Å². The Morgan fingerprint density at radius 2 is 1.68 bits per heavy atom. The number of aromatic nitrogens is 3. The number of anilines is 1. The number of nitrogens with one attached hydrogen (secondary N) is 1. The van der Waals surface area contributed by atoms with Gasteiger partial charge < -0.3 is 10.1 Å². The van der Waals surface area contributed by atoms with Crippen LogP contribution in [0.4, 0.5) is 5.69 Å². The van der Waals surface area contributed by atoms with E-state index in [9.17, 15) is 4.79 Å². The monoisotopic (exact) mass is 490 g/mol. The number of hydrogen-bond acceptors (Lipinski definition) is 4. The summed E-state index contributed by atoms with van der Waals surface area (Å²) in [6, 6.07) is 23.6. The van der Waals surface area contributed by atoms with E-state index in [0.717, 1.165) is 44.8 Å². The SMILES string of the molecule is COc1ccc(-n2ncc(-c3cc(C(=O)Nc4ccc(C(C)C)cc4)c4cc(C)ccc4n3)c2C)cc1. The first-order chi connectivity index (χ1) is 17.8. The van der Waals surface area contributed by atoms with Gasteiger partial charge in [0.05, 0.1) is 41.5 Å². The highest BCUT2D eigenvalue weighted by Crippen LogP contribution is 2.30. The van der Waals surface area contributed by atoms with Crippen LogP contribution in [-0.4, -0.2) is 27.8 Å². The molecule has 2 heterocycles. The number of rotatable bonds is 6. The first kappa shape index (κ1) is 24.3. The van der Waals surface area contributed by atoms with E-state index in [1.807, 2.05) is 79.2 Å². The van der Waals surface area contributed by atoms with Gasteiger partial charge in [-0.15, -0.1) is 0 Å². The van der Waals surface area contributed by atoms with Gasteiger partial charge >= 0.3 is 0 Å². The molecule has 2 aromatic heterocycles. The number of ether oxygens (including phenoxy) is 1. The summed E-state index contributed by atoms with van der Waals surface area (Å²) in [5.41, 5.74) is 7.83. The molecular weight excluding hydrogens is 460 g/mol. The number of fused-ring (bicyclic) bond motifs is 1. The van der Waals surface area contributed by atoms with Gasteiger partial charge in [0.2, 0.25) is 0 Å². The van der Waals surface area contributed by atoms with Crippen LogP contribution < -0.4 is 10.1 Å². The van der Waals surface area contributed by atoms with Gasteiger partial charge in [0.15, 0.2) is 0 Å². The molecule has 0 aliphatic heterocycles. The largest absolute Gasteiger partial charge is 0.497 e. The maximum absolute atomic E-state index is 13.5. The Kier molecular flexibility index (Phi) is 6.49. The zero-order valence-corrected chi connectivity index (χ0v) is 21.7. The lowest BCUT2D eigenvalue weighted by atomic mass is 10.0. The quantitative estimate of drug-likeness (QED) is 0.276. The lowest BCUT2D eigenvalue weighted by molar-refractivity contribution is 0.102. The Morgan fingerprint density at radius 1 is 0.946 bits per heavy atom. The fourth-order valence-corrected chi connectivity index (χ4v) is 4.46. The van der Waals surface area contributed by atoms with Gasteiger partial charge in [-0.05, 0) is 79.9 Å². The second kappa shape index (κ2) is 9.90. The second-order valence-electron chi connectivity index (χ2n) is 9.56. The van der Waals surface area contributed by atoms with E-state index in [1.165, 1.54) is 5.56 Å². The Bertz CT molecular complexity index is 1580. The van der Waals surface area contributed by atoms with Crippen molar-refractivity contribution in [1.82, 2.24) is 14.8 Å². The summed E-state index contributed by atoms with van der Waals surface area (Å²) in [6.07, 6.45) is 1.80. The molecule has 5 rings (SSSR count). The molecule has 1 N–H and O–H groups in total. The van der Waals surface area contributed by atoms with E-state index in [4.69, 9.17) is 9.72 Å². The zero-order chi connectivity index (χ0) is 26.1. The molecular formula is C31H30N4O2. The minimum atomic E-state index is -0.170. The number of nitrogens with zero attached hydrogens (tertiary/aromatic N) is 3. The molecule has 5 aromatic rings. The number of benzene rings is 3. The highest BCUT2D eigenvalue weighted by Gasteiger charge is 2.18. The molecule has 0 atom stereocenters.